The molecule has 0 aliphatic rings. The van der Waals surface area contributed by atoms with Crippen LogP contribution in [-0.4, -0.2) is 28.0 Å². The molecule has 1 amide bonds. The number of hydrogen-bond donors (Lipinski definition) is 1. The molecular weight excluding hydrogens is 316 g/mol. The van der Waals surface area contributed by atoms with Gasteiger partial charge >= 0.3 is 0 Å². The lowest BCUT2D eigenvalue weighted by molar-refractivity contribution is -0.121. The van der Waals surface area contributed by atoms with Crippen molar-refractivity contribution in [3.8, 4) is 5.88 Å². The number of aryl methyl sites for hydroxylation is 1. The first-order valence-corrected chi connectivity index (χ1v) is 8.17. The third-order valence-corrected chi connectivity index (χ3v) is 3.90. The van der Waals surface area contributed by atoms with Gasteiger partial charge in [-0.2, -0.15) is 0 Å². The molecule has 128 valence electrons. The molecule has 0 radical (unpaired) electrons. The minimum Gasteiger partial charge on any atom is -0.480 e. The maximum absolute atomic E-state index is 12.2. The van der Waals surface area contributed by atoms with E-state index in [4.69, 9.17) is 4.74 Å². The van der Waals surface area contributed by atoms with Gasteiger partial charge in [0.2, 0.25) is 11.8 Å². The maximum atomic E-state index is 12.2. The molecule has 0 spiro atoms. The molecule has 0 saturated heterocycles. The SMILES string of the molecule is COc1nc2ccccc2nc1CCC(=O)N[C@@H](C)c1ccccn1. The molecule has 1 N–H and O–H groups in total. The Kier molecular flexibility index (Phi) is 5.18. The van der Waals surface area contributed by atoms with E-state index < -0.39 is 0 Å². The summed E-state index contributed by atoms with van der Waals surface area (Å²) in [6.07, 6.45) is 2.48. The summed E-state index contributed by atoms with van der Waals surface area (Å²) in [6.45, 7) is 1.91. The van der Waals surface area contributed by atoms with Crippen LogP contribution in [0.1, 0.15) is 30.8 Å². The summed E-state index contributed by atoms with van der Waals surface area (Å²) in [4.78, 5) is 25.5. The van der Waals surface area contributed by atoms with Crippen LogP contribution in [0.15, 0.2) is 48.7 Å². The number of para-hydroxylation sites is 2. The Balaban J connectivity index is 1.66. The number of hydrogen-bond acceptors (Lipinski definition) is 5. The number of carbonyl (C=O) groups excluding carboxylic acids is 1. The maximum Gasteiger partial charge on any atom is 0.235 e. The summed E-state index contributed by atoms with van der Waals surface area (Å²) < 4.78 is 5.32. The van der Waals surface area contributed by atoms with Gasteiger partial charge in [0.25, 0.3) is 0 Å². The average molecular weight is 336 g/mol. The van der Waals surface area contributed by atoms with Gasteiger partial charge in [0.1, 0.15) is 5.69 Å². The zero-order chi connectivity index (χ0) is 17.6. The Labute approximate surface area is 146 Å². The first-order chi connectivity index (χ1) is 12.2. The first-order valence-electron chi connectivity index (χ1n) is 8.17. The summed E-state index contributed by atoms with van der Waals surface area (Å²) in [7, 11) is 1.56. The molecule has 1 aromatic carbocycles. The number of nitrogens with zero attached hydrogens (tertiary/aromatic N) is 3. The number of aromatic nitrogens is 3. The van der Waals surface area contributed by atoms with Gasteiger partial charge in [-0.3, -0.25) is 9.78 Å². The predicted molar refractivity (Wildman–Crippen MR) is 95.2 cm³/mol. The van der Waals surface area contributed by atoms with Crippen molar-refractivity contribution in [3.63, 3.8) is 0 Å². The van der Waals surface area contributed by atoms with Crippen molar-refractivity contribution in [1.82, 2.24) is 20.3 Å². The molecule has 3 aromatic rings. The second-order valence-electron chi connectivity index (χ2n) is 5.71. The number of carbonyl (C=O) groups is 1. The van der Waals surface area contributed by atoms with Crippen LogP contribution < -0.4 is 10.1 Å². The van der Waals surface area contributed by atoms with Gasteiger partial charge in [-0.25, -0.2) is 9.97 Å². The van der Waals surface area contributed by atoms with Gasteiger partial charge in [-0.05, 0) is 31.2 Å². The standard InChI is InChI=1S/C19H20N4O2/c1-13(14-7-5-6-12-20-14)21-18(24)11-10-17-19(25-2)23-16-9-4-3-8-15(16)22-17/h3-9,12-13H,10-11H2,1-2H3,(H,21,24)/t13-/m0/s1. The molecule has 0 fully saturated rings. The normalized spacial score (nSPS) is 11.9. The Morgan fingerprint density at radius 1 is 1.12 bits per heavy atom. The number of nitrogens with one attached hydrogen (secondary N) is 1. The van der Waals surface area contributed by atoms with Gasteiger partial charge in [-0.1, -0.05) is 18.2 Å². The molecular formula is C19H20N4O2. The first kappa shape index (κ1) is 16.8. The highest BCUT2D eigenvalue weighted by molar-refractivity contribution is 5.77. The van der Waals surface area contributed by atoms with Crippen LogP contribution in [0, 0.1) is 0 Å². The second kappa shape index (κ2) is 7.70. The van der Waals surface area contributed by atoms with Gasteiger partial charge in [-0.15, -0.1) is 0 Å². The fourth-order valence-corrected chi connectivity index (χ4v) is 2.60. The van der Waals surface area contributed by atoms with E-state index in [0.29, 0.717) is 24.4 Å². The lowest BCUT2D eigenvalue weighted by Gasteiger charge is -2.13. The van der Waals surface area contributed by atoms with Crippen LogP contribution >= 0.6 is 0 Å². The largest absolute Gasteiger partial charge is 0.480 e. The van der Waals surface area contributed by atoms with Crippen LogP contribution in [-0.2, 0) is 11.2 Å². The minimum atomic E-state index is -0.140. The molecule has 0 saturated carbocycles. The highest BCUT2D eigenvalue weighted by atomic mass is 16.5. The van der Waals surface area contributed by atoms with Gasteiger partial charge in [0.15, 0.2) is 0 Å². The fraction of sp³-hybridized carbons (Fsp3) is 0.263. The predicted octanol–water partition coefficient (Wildman–Crippen LogP) is 2.84. The van der Waals surface area contributed by atoms with E-state index in [9.17, 15) is 4.79 Å². The fourth-order valence-electron chi connectivity index (χ4n) is 2.60. The smallest absolute Gasteiger partial charge is 0.235 e. The van der Waals surface area contributed by atoms with E-state index in [-0.39, 0.29) is 11.9 Å². The number of methoxy groups -OCH3 is 1. The van der Waals surface area contributed by atoms with Crippen molar-refractivity contribution >= 4 is 16.9 Å². The number of ether oxygens (including phenoxy) is 1. The number of fused-ring (bicyclic) bond motifs is 1. The molecule has 3 rings (SSSR count). The zero-order valence-corrected chi connectivity index (χ0v) is 14.3. The molecule has 0 unspecified atom stereocenters. The van der Waals surface area contributed by atoms with Crippen LogP contribution in [0.25, 0.3) is 11.0 Å². The number of rotatable bonds is 6. The van der Waals surface area contributed by atoms with Crippen LogP contribution in [0.2, 0.25) is 0 Å². The van der Waals surface area contributed by atoms with Crippen LogP contribution in [0.4, 0.5) is 0 Å². The topological polar surface area (TPSA) is 77.0 Å². The Morgan fingerprint density at radius 2 is 1.84 bits per heavy atom. The third-order valence-electron chi connectivity index (χ3n) is 3.90. The number of pyridine rings is 1. The highest BCUT2D eigenvalue weighted by Crippen LogP contribution is 2.20. The van der Waals surface area contributed by atoms with Crippen molar-refractivity contribution in [3.05, 3.63) is 60.0 Å². The zero-order valence-electron chi connectivity index (χ0n) is 14.3. The van der Waals surface area contributed by atoms with Gasteiger partial charge < -0.3 is 10.1 Å². The van der Waals surface area contributed by atoms with Crippen molar-refractivity contribution in [2.75, 3.05) is 7.11 Å². The van der Waals surface area contributed by atoms with Crippen molar-refractivity contribution < 1.29 is 9.53 Å². The number of benzene rings is 1. The van der Waals surface area contributed by atoms with Crippen LogP contribution in [0.3, 0.4) is 0 Å². The summed E-state index contributed by atoms with van der Waals surface area (Å²) >= 11 is 0. The molecule has 25 heavy (non-hydrogen) atoms. The quantitative estimate of drug-likeness (QED) is 0.749. The van der Waals surface area contributed by atoms with E-state index in [1.54, 1.807) is 13.3 Å². The molecule has 2 aromatic heterocycles. The summed E-state index contributed by atoms with van der Waals surface area (Å²) in [5.74, 6) is 0.402. The van der Waals surface area contributed by atoms with Crippen molar-refractivity contribution in [2.24, 2.45) is 0 Å². The summed E-state index contributed by atoms with van der Waals surface area (Å²) in [5.41, 5.74) is 3.08. The van der Waals surface area contributed by atoms with E-state index in [1.807, 2.05) is 49.4 Å². The average Bonchev–Trinajstić information content (AvgIpc) is 2.66. The summed E-state index contributed by atoms with van der Waals surface area (Å²) in [5, 5.41) is 2.95. The Bertz CT molecular complexity index is 868. The lowest BCUT2D eigenvalue weighted by Crippen LogP contribution is -2.27. The molecule has 0 bridgehead atoms. The molecule has 1 atom stereocenters. The number of amides is 1. The second-order valence-corrected chi connectivity index (χ2v) is 5.71. The van der Waals surface area contributed by atoms with E-state index in [0.717, 1.165) is 16.7 Å². The van der Waals surface area contributed by atoms with E-state index >= 15 is 0 Å². The van der Waals surface area contributed by atoms with Crippen molar-refractivity contribution in [1.29, 1.82) is 0 Å². The van der Waals surface area contributed by atoms with Gasteiger partial charge in [0.05, 0.1) is 29.9 Å². The Hall–Kier alpha value is -3.02. The van der Waals surface area contributed by atoms with Crippen LogP contribution in [0.5, 0.6) is 5.88 Å². The summed E-state index contributed by atoms with van der Waals surface area (Å²) in [6, 6.07) is 13.1. The molecule has 0 aliphatic heterocycles. The molecule has 0 aliphatic carbocycles. The Morgan fingerprint density at radius 3 is 2.52 bits per heavy atom. The van der Waals surface area contributed by atoms with E-state index in [2.05, 4.69) is 20.3 Å². The monoisotopic (exact) mass is 336 g/mol. The third kappa shape index (κ3) is 4.09. The van der Waals surface area contributed by atoms with Crippen molar-refractivity contribution in [2.45, 2.75) is 25.8 Å². The highest BCUT2D eigenvalue weighted by Gasteiger charge is 2.14. The van der Waals surface area contributed by atoms with Gasteiger partial charge in [0, 0.05) is 19.0 Å². The van der Waals surface area contributed by atoms with E-state index in [1.165, 1.54) is 0 Å². The molecule has 6 nitrogen and oxygen atoms in total. The molecule has 2 heterocycles. The lowest BCUT2D eigenvalue weighted by atomic mass is 10.1. The minimum absolute atomic E-state index is 0.0600. The molecule has 6 heteroatoms.